The Balaban J connectivity index is 1.88. The number of anilines is 1. The first-order valence-corrected chi connectivity index (χ1v) is 8.12. The van der Waals surface area contributed by atoms with Crippen molar-refractivity contribution in [1.29, 1.82) is 0 Å². The summed E-state index contributed by atoms with van der Waals surface area (Å²) >= 11 is 0. The van der Waals surface area contributed by atoms with Crippen molar-refractivity contribution >= 4 is 23.6 Å². The number of rotatable bonds is 3. The molecule has 1 aliphatic heterocycles. The summed E-state index contributed by atoms with van der Waals surface area (Å²) in [5, 5.41) is 2.57. The lowest BCUT2D eigenvalue weighted by molar-refractivity contribution is -0.127. The lowest BCUT2D eigenvalue weighted by Crippen LogP contribution is -2.49. The van der Waals surface area contributed by atoms with Gasteiger partial charge in [-0.05, 0) is 36.3 Å². The highest BCUT2D eigenvalue weighted by atomic mass is 16.5. The summed E-state index contributed by atoms with van der Waals surface area (Å²) in [6, 6.07) is 15.1. The van der Waals surface area contributed by atoms with Gasteiger partial charge < -0.3 is 15.0 Å². The predicted octanol–water partition coefficient (Wildman–Crippen LogP) is 2.55. The molecule has 128 valence electrons. The van der Waals surface area contributed by atoms with Crippen LogP contribution in [-0.4, -0.2) is 31.5 Å². The van der Waals surface area contributed by atoms with E-state index in [4.69, 9.17) is 4.74 Å². The Morgan fingerprint density at radius 3 is 2.64 bits per heavy atom. The Labute approximate surface area is 146 Å². The number of carbonyl (C=O) groups excluding carboxylic acids is 2. The van der Waals surface area contributed by atoms with Crippen molar-refractivity contribution in [3.63, 3.8) is 0 Å². The summed E-state index contributed by atoms with van der Waals surface area (Å²) in [6.07, 6.45) is 2.60. The van der Waals surface area contributed by atoms with Crippen molar-refractivity contribution < 1.29 is 14.3 Å². The highest BCUT2D eigenvalue weighted by molar-refractivity contribution is 6.05. The van der Waals surface area contributed by atoms with Gasteiger partial charge in [0.25, 0.3) is 11.8 Å². The molecule has 0 fully saturated rings. The molecule has 0 saturated heterocycles. The summed E-state index contributed by atoms with van der Waals surface area (Å²) in [5.74, 6) is 0.0862. The van der Waals surface area contributed by atoms with E-state index in [2.05, 4.69) is 5.32 Å². The Bertz CT molecular complexity index is 829. The third-order valence-corrected chi connectivity index (χ3v) is 4.17. The number of benzene rings is 2. The molecule has 0 spiro atoms. The number of fused-ring (bicyclic) bond motifs is 1. The number of hydrogen-bond acceptors (Lipinski definition) is 3. The number of aryl methyl sites for hydroxylation is 1. The molecule has 1 N–H and O–H groups in total. The first kappa shape index (κ1) is 16.8. The molecule has 1 aliphatic rings. The molecule has 1 heterocycles. The van der Waals surface area contributed by atoms with E-state index in [-0.39, 0.29) is 18.4 Å². The fourth-order valence-corrected chi connectivity index (χ4v) is 2.77. The monoisotopic (exact) mass is 336 g/mol. The van der Waals surface area contributed by atoms with Crippen LogP contribution in [0.15, 0.2) is 54.6 Å². The number of ether oxygens (including phenoxy) is 1. The van der Waals surface area contributed by atoms with Gasteiger partial charge in [0.2, 0.25) is 0 Å². The van der Waals surface area contributed by atoms with Gasteiger partial charge in [0.05, 0.1) is 12.2 Å². The van der Waals surface area contributed by atoms with Crippen LogP contribution in [0.4, 0.5) is 5.69 Å². The largest absolute Gasteiger partial charge is 0.477 e. The molecular weight excluding hydrogens is 316 g/mol. The normalized spacial score (nSPS) is 16.2. The van der Waals surface area contributed by atoms with E-state index in [1.54, 1.807) is 24.1 Å². The molecule has 2 aromatic rings. The topological polar surface area (TPSA) is 58.6 Å². The van der Waals surface area contributed by atoms with E-state index in [0.717, 1.165) is 11.1 Å². The van der Waals surface area contributed by atoms with Gasteiger partial charge in [-0.25, -0.2) is 0 Å². The maximum absolute atomic E-state index is 12.8. The number of hydrogen-bond donors (Lipinski definition) is 1. The molecule has 2 amide bonds. The molecule has 0 aromatic heterocycles. The van der Waals surface area contributed by atoms with E-state index < -0.39 is 6.10 Å². The van der Waals surface area contributed by atoms with Crippen LogP contribution < -0.4 is 15.0 Å². The smallest absolute Gasteiger partial charge is 0.262 e. The quantitative estimate of drug-likeness (QED) is 0.877. The van der Waals surface area contributed by atoms with Gasteiger partial charge in [-0.15, -0.1) is 0 Å². The maximum atomic E-state index is 12.8. The summed E-state index contributed by atoms with van der Waals surface area (Å²) in [4.78, 5) is 26.3. The molecule has 0 radical (unpaired) electrons. The van der Waals surface area contributed by atoms with E-state index in [1.807, 2.05) is 49.4 Å². The second-order valence-electron chi connectivity index (χ2n) is 5.83. The SMILES string of the molecule is CNC(=O)[C@@H]1CN(C(=O)/C=C/c2ccccc2C)c2ccccc2O1. The van der Waals surface area contributed by atoms with Crippen molar-refractivity contribution in [2.24, 2.45) is 0 Å². The first-order chi connectivity index (χ1) is 12.1. The van der Waals surface area contributed by atoms with E-state index in [9.17, 15) is 9.59 Å². The number of nitrogens with one attached hydrogen (secondary N) is 1. The highest BCUT2D eigenvalue weighted by Gasteiger charge is 2.32. The average Bonchev–Trinajstić information content (AvgIpc) is 2.65. The second kappa shape index (κ2) is 7.21. The number of amides is 2. The molecule has 5 nitrogen and oxygen atoms in total. The molecule has 2 aromatic carbocycles. The molecule has 5 heteroatoms. The summed E-state index contributed by atoms with van der Waals surface area (Å²) in [5.41, 5.74) is 2.75. The summed E-state index contributed by atoms with van der Waals surface area (Å²) in [6.45, 7) is 2.17. The van der Waals surface area contributed by atoms with Gasteiger partial charge in [-0.1, -0.05) is 36.4 Å². The number of carbonyl (C=O) groups is 2. The van der Waals surface area contributed by atoms with Crippen LogP contribution >= 0.6 is 0 Å². The molecule has 3 rings (SSSR count). The Morgan fingerprint density at radius 1 is 1.16 bits per heavy atom. The third kappa shape index (κ3) is 3.55. The van der Waals surface area contributed by atoms with Crippen LogP contribution in [0.3, 0.4) is 0 Å². The van der Waals surface area contributed by atoms with Crippen LogP contribution in [0.2, 0.25) is 0 Å². The minimum absolute atomic E-state index is 0.174. The van der Waals surface area contributed by atoms with Gasteiger partial charge in [0.1, 0.15) is 5.75 Å². The van der Waals surface area contributed by atoms with Crippen LogP contribution in [0.25, 0.3) is 6.08 Å². The Morgan fingerprint density at radius 2 is 1.88 bits per heavy atom. The summed E-state index contributed by atoms with van der Waals surface area (Å²) in [7, 11) is 1.55. The first-order valence-electron chi connectivity index (χ1n) is 8.12. The molecule has 25 heavy (non-hydrogen) atoms. The maximum Gasteiger partial charge on any atom is 0.262 e. The number of likely N-dealkylation sites (N-methyl/N-ethyl adjacent to an activating group) is 1. The van der Waals surface area contributed by atoms with Crippen LogP contribution in [0, 0.1) is 6.92 Å². The standard InChI is InChI=1S/C20H20N2O3/c1-14-7-3-4-8-15(14)11-12-19(23)22-13-18(20(24)21-2)25-17-10-6-5-9-16(17)22/h3-12,18H,13H2,1-2H3,(H,21,24)/b12-11+/t18-/m0/s1. The highest BCUT2D eigenvalue weighted by Crippen LogP contribution is 2.33. The molecule has 0 aliphatic carbocycles. The number of nitrogens with zero attached hydrogens (tertiary/aromatic N) is 1. The fraction of sp³-hybridized carbons (Fsp3) is 0.200. The fourth-order valence-electron chi connectivity index (χ4n) is 2.77. The zero-order valence-corrected chi connectivity index (χ0v) is 14.2. The van der Waals surface area contributed by atoms with Crippen LogP contribution in [-0.2, 0) is 9.59 Å². The lowest BCUT2D eigenvalue weighted by atomic mass is 10.1. The van der Waals surface area contributed by atoms with Crippen molar-refractivity contribution in [1.82, 2.24) is 5.32 Å². The van der Waals surface area contributed by atoms with Gasteiger partial charge in [0, 0.05) is 13.1 Å². The molecule has 0 saturated carbocycles. The average molecular weight is 336 g/mol. The van der Waals surface area contributed by atoms with Crippen LogP contribution in [0.1, 0.15) is 11.1 Å². The van der Waals surface area contributed by atoms with Crippen molar-refractivity contribution in [2.75, 3.05) is 18.5 Å². The lowest BCUT2D eigenvalue weighted by Gasteiger charge is -2.33. The zero-order valence-electron chi connectivity index (χ0n) is 14.2. The van der Waals surface area contributed by atoms with Gasteiger partial charge in [-0.3, -0.25) is 9.59 Å². The predicted molar refractivity (Wildman–Crippen MR) is 97.5 cm³/mol. The van der Waals surface area contributed by atoms with Crippen molar-refractivity contribution in [3.8, 4) is 5.75 Å². The molecule has 0 bridgehead atoms. The molecule has 0 unspecified atom stereocenters. The third-order valence-electron chi connectivity index (χ3n) is 4.17. The number of para-hydroxylation sites is 2. The van der Waals surface area contributed by atoms with Crippen LogP contribution in [0.5, 0.6) is 5.75 Å². The Kier molecular flexibility index (Phi) is 4.84. The van der Waals surface area contributed by atoms with E-state index >= 15 is 0 Å². The Hall–Kier alpha value is -3.08. The van der Waals surface area contributed by atoms with Gasteiger partial charge >= 0.3 is 0 Å². The van der Waals surface area contributed by atoms with E-state index in [0.29, 0.717) is 11.4 Å². The van der Waals surface area contributed by atoms with Gasteiger partial charge in [0.15, 0.2) is 6.10 Å². The molecular formula is C20H20N2O3. The minimum Gasteiger partial charge on any atom is -0.477 e. The van der Waals surface area contributed by atoms with Crippen molar-refractivity contribution in [2.45, 2.75) is 13.0 Å². The molecule has 1 atom stereocenters. The van der Waals surface area contributed by atoms with Gasteiger partial charge in [-0.2, -0.15) is 0 Å². The van der Waals surface area contributed by atoms with Crippen molar-refractivity contribution in [3.05, 3.63) is 65.7 Å². The minimum atomic E-state index is -0.726. The zero-order chi connectivity index (χ0) is 17.8. The second-order valence-corrected chi connectivity index (χ2v) is 5.83. The summed E-state index contributed by atoms with van der Waals surface area (Å²) < 4.78 is 5.72. The van der Waals surface area contributed by atoms with E-state index in [1.165, 1.54) is 6.08 Å².